The molecule has 1 fully saturated rings. The number of ketones is 1. The molecular formula is C23H28ClNO3. The lowest BCUT2D eigenvalue weighted by Crippen LogP contribution is -2.21. The molecule has 2 aromatic rings. The Morgan fingerprint density at radius 3 is 2.50 bits per heavy atom. The van der Waals surface area contributed by atoms with Crippen LogP contribution in [0.15, 0.2) is 54.6 Å². The number of ether oxygens (including phenoxy) is 2. The standard InChI is InChI=1S/C23H27NO3.ClH/c1-26-23-8-3-2-7-20(23)11-14-22(25)19-9-12-21(13-10-19)27-18-6-17-24-15-4-5-16-24;/h2-3,7-14H,4-6,15-18H2,1H3;1H/b14-11+;. The molecule has 1 aliphatic rings. The topological polar surface area (TPSA) is 38.8 Å². The van der Waals surface area contributed by atoms with Gasteiger partial charge in [-0.05, 0) is 74.8 Å². The predicted molar refractivity (Wildman–Crippen MR) is 116 cm³/mol. The highest BCUT2D eigenvalue weighted by molar-refractivity contribution is 6.07. The van der Waals surface area contributed by atoms with Crippen molar-refractivity contribution in [2.75, 3.05) is 33.4 Å². The molecule has 1 aliphatic heterocycles. The maximum Gasteiger partial charge on any atom is 0.185 e. The van der Waals surface area contributed by atoms with Crippen LogP contribution in [0, 0.1) is 0 Å². The van der Waals surface area contributed by atoms with Gasteiger partial charge in [0.1, 0.15) is 11.5 Å². The molecule has 0 saturated carbocycles. The number of hydrogen-bond donors (Lipinski definition) is 0. The van der Waals surface area contributed by atoms with Crippen molar-refractivity contribution in [3.63, 3.8) is 0 Å². The number of benzene rings is 2. The summed E-state index contributed by atoms with van der Waals surface area (Å²) in [5.41, 5.74) is 1.52. The van der Waals surface area contributed by atoms with Crippen LogP contribution in [0.1, 0.15) is 35.2 Å². The Kier molecular flexibility index (Phi) is 9.05. The molecule has 2 aromatic carbocycles. The summed E-state index contributed by atoms with van der Waals surface area (Å²) in [4.78, 5) is 14.8. The fourth-order valence-corrected chi connectivity index (χ4v) is 3.27. The lowest BCUT2D eigenvalue weighted by atomic mass is 10.1. The van der Waals surface area contributed by atoms with Gasteiger partial charge < -0.3 is 14.4 Å². The molecule has 0 radical (unpaired) electrons. The van der Waals surface area contributed by atoms with Crippen molar-refractivity contribution in [2.45, 2.75) is 19.3 Å². The summed E-state index contributed by atoms with van der Waals surface area (Å²) in [6.07, 6.45) is 7.03. The Bertz CT molecular complexity index is 768. The Morgan fingerprint density at radius 1 is 1.07 bits per heavy atom. The van der Waals surface area contributed by atoms with E-state index < -0.39 is 0 Å². The van der Waals surface area contributed by atoms with Crippen molar-refractivity contribution in [3.8, 4) is 11.5 Å². The summed E-state index contributed by atoms with van der Waals surface area (Å²) in [6, 6.07) is 15.0. The Hall–Kier alpha value is -2.30. The minimum absolute atomic E-state index is 0. The van der Waals surface area contributed by atoms with Crippen molar-refractivity contribution in [2.24, 2.45) is 0 Å². The molecule has 0 spiro atoms. The van der Waals surface area contributed by atoms with Crippen LogP contribution in [0.2, 0.25) is 0 Å². The Morgan fingerprint density at radius 2 is 1.79 bits per heavy atom. The fraction of sp³-hybridized carbons (Fsp3) is 0.348. The van der Waals surface area contributed by atoms with E-state index >= 15 is 0 Å². The zero-order chi connectivity index (χ0) is 18.9. The molecule has 0 atom stereocenters. The number of para-hydroxylation sites is 1. The molecule has 1 saturated heterocycles. The van der Waals surface area contributed by atoms with E-state index in [1.807, 2.05) is 48.5 Å². The van der Waals surface area contributed by atoms with Crippen molar-refractivity contribution in [1.82, 2.24) is 4.90 Å². The molecule has 0 aromatic heterocycles. The summed E-state index contributed by atoms with van der Waals surface area (Å²) in [7, 11) is 1.62. The van der Waals surface area contributed by atoms with Crippen LogP contribution in [0.25, 0.3) is 6.08 Å². The van der Waals surface area contributed by atoms with E-state index in [4.69, 9.17) is 9.47 Å². The van der Waals surface area contributed by atoms with Gasteiger partial charge in [0.25, 0.3) is 0 Å². The van der Waals surface area contributed by atoms with Gasteiger partial charge >= 0.3 is 0 Å². The van der Waals surface area contributed by atoms with E-state index in [-0.39, 0.29) is 18.2 Å². The maximum atomic E-state index is 12.4. The van der Waals surface area contributed by atoms with E-state index in [0.717, 1.165) is 30.0 Å². The second kappa shape index (κ2) is 11.5. The van der Waals surface area contributed by atoms with Crippen molar-refractivity contribution < 1.29 is 14.3 Å². The van der Waals surface area contributed by atoms with Crippen LogP contribution in [0.4, 0.5) is 0 Å². The molecular weight excluding hydrogens is 374 g/mol. The molecule has 4 nitrogen and oxygen atoms in total. The van der Waals surface area contributed by atoms with Gasteiger partial charge in [0, 0.05) is 17.7 Å². The zero-order valence-corrected chi connectivity index (χ0v) is 17.1. The first kappa shape index (κ1) is 22.0. The lowest BCUT2D eigenvalue weighted by Gasteiger charge is -2.14. The summed E-state index contributed by atoms with van der Waals surface area (Å²) in [5, 5.41) is 0. The number of rotatable bonds is 9. The van der Waals surface area contributed by atoms with Gasteiger partial charge in [-0.3, -0.25) is 4.79 Å². The van der Waals surface area contributed by atoms with Crippen LogP contribution in [0.5, 0.6) is 11.5 Å². The molecule has 150 valence electrons. The first-order chi connectivity index (χ1) is 13.3. The van der Waals surface area contributed by atoms with E-state index in [1.54, 1.807) is 19.3 Å². The third kappa shape index (κ3) is 6.39. The number of carbonyl (C=O) groups excluding carboxylic acids is 1. The van der Waals surface area contributed by atoms with Crippen LogP contribution >= 0.6 is 12.4 Å². The second-order valence-electron chi connectivity index (χ2n) is 6.71. The van der Waals surface area contributed by atoms with Gasteiger partial charge in [-0.25, -0.2) is 0 Å². The Labute approximate surface area is 173 Å². The zero-order valence-electron chi connectivity index (χ0n) is 16.3. The number of nitrogens with zero attached hydrogens (tertiary/aromatic N) is 1. The minimum Gasteiger partial charge on any atom is -0.496 e. The molecule has 3 rings (SSSR count). The third-order valence-corrected chi connectivity index (χ3v) is 4.78. The van der Waals surface area contributed by atoms with Crippen LogP contribution in [-0.2, 0) is 0 Å². The molecule has 0 bridgehead atoms. The van der Waals surface area contributed by atoms with E-state index in [2.05, 4.69) is 4.90 Å². The monoisotopic (exact) mass is 401 g/mol. The average Bonchev–Trinajstić information content (AvgIpc) is 3.23. The summed E-state index contributed by atoms with van der Waals surface area (Å²) < 4.78 is 11.1. The fourth-order valence-electron chi connectivity index (χ4n) is 3.27. The molecule has 1 heterocycles. The minimum atomic E-state index is -0.0403. The summed E-state index contributed by atoms with van der Waals surface area (Å²) in [5.74, 6) is 1.52. The normalized spacial score (nSPS) is 14.0. The first-order valence-corrected chi connectivity index (χ1v) is 9.57. The molecule has 28 heavy (non-hydrogen) atoms. The van der Waals surface area contributed by atoms with Gasteiger partial charge in [-0.1, -0.05) is 18.2 Å². The quantitative estimate of drug-likeness (QED) is 0.341. The van der Waals surface area contributed by atoms with E-state index in [9.17, 15) is 4.79 Å². The largest absolute Gasteiger partial charge is 0.496 e. The van der Waals surface area contributed by atoms with Crippen molar-refractivity contribution in [1.29, 1.82) is 0 Å². The van der Waals surface area contributed by atoms with Gasteiger partial charge in [0.15, 0.2) is 5.78 Å². The van der Waals surface area contributed by atoms with Gasteiger partial charge in [-0.15, -0.1) is 12.4 Å². The number of methoxy groups -OCH3 is 1. The van der Waals surface area contributed by atoms with Gasteiger partial charge in [0.2, 0.25) is 0 Å². The second-order valence-corrected chi connectivity index (χ2v) is 6.71. The number of likely N-dealkylation sites (tertiary alicyclic amines) is 1. The van der Waals surface area contributed by atoms with Crippen LogP contribution in [-0.4, -0.2) is 44.0 Å². The number of hydrogen-bond acceptors (Lipinski definition) is 4. The molecule has 5 heteroatoms. The number of allylic oxidation sites excluding steroid dienone is 1. The molecule has 0 aliphatic carbocycles. The van der Waals surface area contributed by atoms with E-state index in [1.165, 1.54) is 25.9 Å². The van der Waals surface area contributed by atoms with Crippen LogP contribution in [0.3, 0.4) is 0 Å². The molecule has 0 amide bonds. The lowest BCUT2D eigenvalue weighted by molar-refractivity contribution is 0.104. The van der Waals surface area contributed by atoms with E-state index in [0.29, 0.717) is 12.2 Å². The van der Waals surface area contributed by atoms with Crippen LogP contribution < -0.4 is 9.47 Å². The third-order valence-electron chi connectivity index (χ3n) is 4.78. The maximum absolute atomic E-state index is 12.4. The van der Waals surface area contributed by atoms with Crippen molar-refractivity contribution in [3.05, 3.63) is 65.7 Å². The van der Waals surface area contributed by atoms with Crippen molar-refractivity contribution >= 4 is 24.3 Å². The summed E-state index contributed by atoms with van der Waals surface area (Å²) in [6.45, 7) is 4.25. The van der Waals surface area contributed by atoms with Gasteiger partial charge in [-0.2, -0.15) is 0 Å². The molecule has 0 unspecified atom stereocenters. The molecule has 0 N–H and O–H groups in total. The Balaban J connectivity index is 0.00000280. The summed E-state index contributed by atoms with van der Waals surface area (Å²) >= 11 is 0. The highest BCUT2D eigenvalue weighted by atomic mass is 35.5. The smallest absolute Gasteiger partial charge is 0.185 e. The SMILES string of the molecule is COc1ccccc1/C=C/C(=O)c1ccc(OCCCN2CCCC2)cc1.Cl. The number of halogens is 1. The highest BCUT2D eigenvalue weighted by Gasteiger charge is 2.10. The average molecular weight is 402 g/mol. The van der Waals surface area contributed by atoms with Gasteiger partial charge in [0.05, 0.1) is 13.7 Å². The first-order valence-electron chi connectivity index (χ1n) is 9.57. The predicted octanol–water partition coefficient (Wildman–Crippen LogP) is 4.88. The highest BCUT2D eigenvalue weighted by Crippen LogP contribution is 2.19. The number of carbonyl (C=O) groups is 1.